The van der Waals surface area contributed by atoms with Gasteiger partial charge in [0.2, 0.25) is 5.95 Å². The van der Waals surface area contributed by atoms with Crippen molar-refractivity contribution in [2.45, 2.75) is 65.7 Å². The van der Waals surface area contributed by atoms with Gasteiger partial charge in [0.1, 0.15) is 18.2 Å². The number of aryl methyl sites for hydroxylation is 1. The van der Waals surface area contributed by atoms with Crippen LogP contribution in [0.5, 0.6) is 11.5 Å². The Balaban J connectivity index is 1.05. The van der Waals surface area contributed by atoms with Gasteiger partial charge >= 0.3 is 0 Å². The van der Waals surface area contributed by atoms with Crippen molar-refractivity contribution < 1.29 is 8.85 Å². The average molecular weight is 1060 g/mol. The van der Waals surface area contributed by atoms with Crippen LogP contribution in [0.1, 0.15) is 92.2 Å². The zero-order chi connectivity index (χ0) is 58.3. The molecule has 8 nitrogen and oxygen atoms in total. The summed E-state index contributed by atoms with van der Waals surface area (Å²) in [4.78, 5) is 9.94. The zero-order valence-corrected chi connectivity index (χ0v) is 47.0. The molecule has 5 heterocycles. The summed E-state index contributed by atoms with van der Waals surface area (Å²) in [5.74, 6) is 6.21. The van der Waals surface area contributed by atoms with E-state index in [1.165, 1.54) is 26.8 Å². The molecule has 0 saturated carbocycles. The predicted octanol–water partition coefficient (Wildman–Crippen LogP) is 17.3. The van der Waals surface area contributed by atoms with E-state index in [1.807, 2.05) is 90.1 Å². The van der Waals surface area contributed by atoms with Crippen molar-refractivity contribution in [3.05, 3.63) is 253 Å². The molecule has 2 radical (unpaired) electrons. The van der Waals surface area contributed by atoms with E-state index < -0.39 is 6.98 Å². The van der Waals surface area contributed by atoms with Crippen LogP contribution in [-0.4, -0.2) is 35.3 Å². The number of ether oxygens (including phenoxy) is 1. The Labute approximate surface area is 482 Å². The third-order valence-corrected chi connectivity index (χ3v) is 15.4. The molecule has 2 aromatic heterocycles. The van der Waals surface area contributed by atoms with Crippen molar-refractivity contribution in [2.75, 3.05) is 16.5 Å². The number of hydrogen-bond donors (Lipinski definition) is 2. The average Bonchev–Trinajstić information content (AvgIpc) is 2.66. The van der Waals surface area contributed by atoms with E-state index in [-0.39, 0.29) is 17.3 Å². The van der Waals surface area contributed by atoms with Gasteiger partial charge in [0, 0.05) is 64.5 Å². The molecule has 0 aliphatic carbocycles. The molecule has 398 valence electrons. The summed E-state index contributed by atoms with van der Waals surface area (Å²) in [5.41, 5.74) is 17.0. The fraction of sp³-hybridized carbons (Fsp3) is 0.169. The molecule has 10 heteroatoms. The van der Waals surface area contributed by atoms with Crippen molar-refractivity contribution >= 4 is 81.1 Å². The molecule has 12 rings (SSSR count). The lowest BCUT2D eigenvalue weighted by Crippen LogP contribution is -2.26. The van der Waals surface area contributed by atoms with E-state index in [4.69, 9.17) is 13.8 Å². The maximum Gasteiger partial charge on any atom is 0.215 e. The Bertz CT molecular complexity index is 4180. The number of rotatable bonds is 10. The molecule has 0 saturated heterocycles. The number of aromatic nitrogens is 3. The normalized spacial score (nSPS) is 18.9. The van der Waals surface area contributed by atoms with Gasteiger partial charge in [0.05, 0.1) is 39.1 Å². The van der Waals surface area contributed by atoms with Crippen molar-refractivity contribution in [3.63, 3.8) is 0 Å². The zero-order valence-electron chi connectivity index (χ0n) is 50.0. The minimum atomic E-state index is -2.53. The molecule has 3 aliphatic heterocycles. The minimum absolute atomic E-state index is 0.133. The van der Waals surface area contributed by atoms with Crippen LogP contribution in [0.3, 0.4) is 0 Å². The number of imidazole rings is 1. The lowest BCUT2D eigenvalue weighted by atomic mass is 9.63. The number of anilines is 4. The maximum atomic E-state index is 8.87. The van der Waals surface area contributed by atoms with Crippen LogP contribution in [-0.2, 0) is 12.4 Å². The molecule has 9 aromatic rings. The Morgan fingerprint density at radius 3 is 1.89 bits per heavy atom. The second kappa shape index (κ2) is 22.2. The van der Waals surface area contributed by atoms with Crippen molar-refractivity contribution in [1.29, 1.82) is 0 Å². The highest BCUT2D eigenvalue weighted by Crippen LogP contribution is 2.50. The standard InChI is InChI=1S/C71H67B2N7O/c1-47(2)54-21-17-22-55(48(3)4)68(54)49-41-51(44-53(42-49)81-52-32-33-56-59-43-50(71(5,6)7)31-34-63(59)80(67(56)45-52)70-76-62-27-9-10-28-64(62)77(70)8)78-46-79(66-30-12-11-29-65(66)78)69-57(60-25-19-39-74-37-15-13-35-72-60)23-18-24-58(69)61-26-20-40-75-38-16-14-36-73-61/h9-45,47-48,74-75H,46H2,1-8H3/b35-13-,36-14-,37-15-,38-16-,39-19-,40-20-,60-25-,61-26-/i8D3. The number of hydrogen-bond acceptors (Lipinski definition) is 6. The molecule has 3 aliphatic rings. The van der Waals surface area contributed by atoms with Crippen molar-refractivity contribution in [2.24, 2.45) is 6.98 Å². The highest BCUT2D eigenvalue weighted by Gasteiger charge is 2.33. The minimum Gasteiger partial charge on any atom is -0.457 e. The topological polar surface area (TPSA) is 62.5 Å². The van der Waals surface area contributed by atoms with Gasteiger partial charge in [-0.15, -0.1) is 12.0 Å². The Morgan fingerprint density at radius 2 is 1.22 bits per heavy atom. The molecular formula is C71H67B2N7O. The molecule has 0 bridgehead atoms. The molecule has 0 unspecified atom stereocenters. The third kappa shape index (κ3) is 10.3. The molecule has 7 aromatic carbocycles. The van der Waals surface area contributed by atoms with Gasteiger partial charge in [-0.05, 0) is 141 Å². The molecular weight excluding hydrogens is 988 g/mol. The highest BCUT2D eigenvalue weighted by molar-refractivity contribution is 6.67. The van der Waals surface area contributed by atoms with E-state index in [2.05, 4.69) is 223 Å². The summed E-state index contributed by atoms with van der Waals surface area (Å²) in [6.45, 7) is 13.7. The molecule has 81 heavy (non-hydrogen) atoms. The maximum absolute atomic E-state index is 8.87. The smallest absolute Gasteiger partial charge is 0.215 e. The molecule has 0 atom stereocenters. The van der Waals surface area contributed by atoms with E-state index in [0.29, 0.717) is 35.1 Å². The van der Waals surface area contributed by atoms with Gasteiger partial charge in [-0.2, -0.15) is 0 Å². The van der Waals surface area contributed by atoms with Crippen LogP contribution < -0.4 is 25.2 Å². The lowest BCUT2D eigenvalue weighted by molar-refractivity contribution is 0.483. The Hall–Kier alpha value is -9.14. The van der Waals surface area contributed by atoms with Crippen molar-refractivity contribution in [1.82, 2.24) is 24.8 Å². The molecule has 2 N–H and O–H groups in total. The molecule has 0 fully saturated rings. The quantitative estimate of drug-likeness (QED) is 0.133. The second-order valence-corrected chi connectivity index (χ2v) is 22.5. The van der Waals surface area contributed by atoms with Crippen LogP contribution >= 0.6 is 0 Å². The van der Waals surface area contributed by atoms with E-state index >= 15 is 0 Å². The number of nitrogens with zero attached hydrogens (tertiary/aromatic N) is 5. The van der Waals surface area contributed by atoms with Gasteiger partial charge in [-0.25, -0.2) is 4.98 Å². The van der Waals surface area contributed by atoms with E-state index in [1.54, 1.807) is 0 Å². The first-order valence-corrected chi connectivity index (χ1v) is 28.0. The first-order valence-electron chi connectivity index (χ1n) is 29.5. The number of benzene rings is 7. The highest BCUT2D eigenvalue weighted by atomic mass is 16.5. The van der Waals surface area contributed by atoms with E-state index in [9.17, 15) is 0 Å². The SMILES string of the molecule is [2H]C([2H])([2H])n1c(-n2c3ccc(C(C)(C)C)cc3c3ccc(Oc4cc(-c5c(C(C)C)cccc5C(C)C)cc(N5CN(c6c(/C7=C/C=C\N/C=C\C=C/[B]7)cccc6/C6=C/C=C\N/C=C\C=C/[B]6)c6ccccc65)c4)cc32)nc2ccccc21. The fourth-order valence-corrected chi connectivity index (χ4v) is 11.5. The van der Waals surface area contributed by atoms with Gasteiger partial charge in [0.15, 0.2) is 14.6 Å². The van der Waals surface area contributed by atoms with Gasteiger partial charge in [-0.3, -0.25) is 4.57 Å². The van der Waals surface area contributed by atoms with Crippen molar-refractivity contribution in [3.8, 4) is 28.6 Å². The van der Waals surface area contributed by atoms with Gasteiger partial charge in [-0.1, -0.05) is 150 Å². The third-order valence-electron chi connectivity index (χ3n) is 15.4. The second-order valence-electron chi connectivity index (χ2n) is 22.5. The van der Waals surface area contributed by atoms with Gasteiger partial charge < -0.3 is 29.7 Å². The predicted molar refractivity (Wildman–Crippen MR) is 344 cm³/mol. The summed E-state index contributed by atoms with van der Waals surface area (Å²) >= 11 is 0. The molecule has 0 amide bonds. The Morgan fingerprint density at radius 1 is 0.580 bits per heavy atom. The lowest BCUT2D eigenvalue weighted by Gasteiger charge is -2.29. The summed E-state index contributed by atoms with van der Waals surface area (Å²) in [6, 6.07) is 48.8. The van der Waals surface area contributed by atoms with Crippen LogP contribution in [0, 0.1) is 0 Å². The van der Waals surface area contributed by atoms with Gasteiger partial charge in [0.25, 0.3) is 0 Å². The largest absolute Gasteiger partial charge is 0.457 e. The van der Waals surface area contributed by atoms with E-state index in [0.717, 1.165) is 72.2 Å². The first-order chi connectivity index (χ1) is 40.6. The first kappa shape index (κ1) is 48.9. The van der Waals surface area contributed by atoms with Crippen LogP contribution in [0.25, 0.3) is 60.9 Å². The van der Waals surface area contributed by atoms with Crippen LogP contribution in [0.15, 0.2) is 225 Å². The monoisotopic (exact) mass is 1060 g/mol. The summed E-state index contributed by atoms with van der Waals surface area (Å²) in [6.07, 6.45) is 24.2. The van der Waals surface area contributed by atoms with Crippen LogP contribution in [0.2, 0.25) is 0 Å². The number of fused-ring (bicyclic) bond motifs is 5. The number of allylic oxidation sites excluding steroid dienone is 8. The van der Waals surface area contributed by atoms with Crippen LogP contribution in [0.4, 0.5) is 22.7 Å². The summed E-state index contributed by atoms with van der Waals surface area (Å²) < 4.78 is 37.3. The molecule has 0 spiro atoms. The summed E-state index contributed by atoms with van der Waals surface area (Å²) in [7, 11) is 4.36. The fourth-order valence-electron chi connectivity index (χ4n) is 11.5. The summed E-state index contributed by atoms with van der Waals surface area (Å²) in [5, 5.41) is 8.47. The number of para-hydroxylation sites is 5. The Kier molecular flexibility index (Phi) is 13.4. The number of nitrogens with one attached hydrogen (secondary N) is 2.